The number of aromatic nitrogens is 2. The fraction of sp³-hybridized carbons (Fsp3) is 0.371. The fourth-order valence-electron chi connectivity index (χ4n) is 4.51. The monoisotopic (exact) mass is 654 g/mol. The number of nitrogens with zero attached hydrogens (tertiary/aromatic N) is 2. The predicted octanol–water partition coefficient (Wildman–Crippen LogP) is 5.10. The highest BCUT2D eigenvalue weighted by atomic mass is 31.2. The number of benzene rings is 2. The van der Waals surface area contributed by atoms with Gasteiger partial charge in [0.05, 0.1) is 5.30 Å². The Morgan fingerprint density at radius 1 is 0.578 bits per heavy atom. The molecule has 0 aliphatic rings. The first-order valence-corrected chi connectivity index (χ1v) is 18.8. The van der Waals surface area contributed by atoms with Gasteiger partial charge in [-0.1, -0.05) is 107 Å². The van der Waals surface area contributed by atoms with Crippen molar-refractivity contribution in [2.24, 2.45) is 7.05 Å². The Hall–Kier alpha value is -2.96. The van der Waals surface area contributed by atoms with Gasteiger partial charge in [-0.25, -0.2) is 9.13 Å². The highest BCUT2D eigenvalue weighted by Gasteiger charge is 2.14. The molecule has 0 atom stereocenters. The van der Waals surface area contributed by atoms with Crippen LogP contribution in [0.4, 0.5) is 0 Å². The highest BCUT2D eigenvalue weighted by molar-refractivity contribution is 7.60. The fourth-order valence-corrected chi connectivity index (χ4v) is 5.60. The molecule has 0 unspecified atom stereocenters. The van der Waals surface area contributed by atoms with Crippen LogP contribution in [0, 0.1) is 0 Å². The molecule has 0 radical (unpaired) electrons. The number of hydrogen-bond acceptors (Lipinski definition) is 4. The van der Waals surface area contributed by atoms with Crippen molar-refractivity contribution in [2.75, 3.05) is 0 Å². The van der Waals surface area contributed by atoms with Crippen molar-refractivity contribution in [1.29, 1.82) is 0 Å². The molecule has 0 saturated heterocycles. The zero-order chi connectivity index (χ0) is 33.0. The van der Waals surface area contributed by atoms with Crippen LogP contribution in [-0.4, -0.2) is 9.79 Å². The second-order valence-electron chi connectivity index (χ2n) is 11.0. The quantitative estimate of drug-likeness (QED) is 0.111. The molecule has 0 fully saturated rings. The highest BCUT2D eigenvalue weighted by Crippen LogP contribution is 2.32. The van der Waals surface area contributed by atoms with E-state index >= 15 is 0 Å². The molecule has 45 heavy (non-hydrogen) atoms. The Labute approximate surface area is 268 Å². The van der Waals surface area contributed by atoms with E-state index in [1.54, 1.807) is 24.3 Å². The zero-order valence-corrected chi connectivity index (χ0v) is 28.3. The lowest BCUT2D eigenvalue weighted by Gasteiger charge is -2.29. The van der Waals surface area contributed by atoms with Crippen molar-refractivity contribution in [3.63, 3.8) is 0 Å². The SMILES string of the molecule is CCCCCCCCCCCC[n+]1ccc(-c2cc[n+](C)cc2)cc1.O=P(O)(O)c1ccccc1.O=P([O-])([O-])c1ccccc1. The van der Waals surface area contributed by atoms with Gasteiger partial charge in [-0.3, -0.25) is 4.57 Å². The molecule has 0 amide bonds. The summed E-state index contributed by atoms with van der Waals surface area (Å²) in [4.78, 5) is 37.8. The van der Waals surface area contributed by atoms with E-state index in [2.05, 4.69) is 72.2 Å². The summed E-state index contributed by atoms with van der Waals surface area (Å²) in [6.07, 6.45) is 22.6. The van der Waals surface area contributed by atoms with Gasteiger partial charge in [-0.15, -0.1) is 0 Å². The van der Waals surface area contributed by atoms with Crippen LogP contribution in [0.3, 0.4) is 0 Å². The Balaban J connectivity index is 0.000000287. The average Bonchev–Trinajstić information content (AvgIpc) is 3.03. The summed E-state index contributed by atoms with van der Waals surface area (Å²) in [5.74, 6) is 0. The van der Waals surface area contributed by atoms with Gasteiger partial charge < -0.3 is 24.1 Å². The molecule has 2 aromatic heterocycles. The lowest BCUT2D eigenvalue weighted by atomic mass is 10.1. The maximum absolute atomic E-state index is 10.5. The molecular weight excluding hydrogens is 606 g/mol. The number of pyridine rings is 2. The van der Waals surface area contributed by atoms with Gasteiger partial charge in [0.25, 0.3) is 0 Å². The molecule has 0 spiro atoms. The van der Waals surface area contributed by atoms with Crippen LogP contribution in [0.1, 0.15) is 71.1 Å². The van der Waals surface area contributed by atoms with Gasteiger partial charge in [-0.05, 0) is 42.6 Å². The van der Waals surface area contributed by atoms with E-state index in [1.807, 2.05) is 0 Å². The minimum Gasteiger partial charge on any atom is -0.807 e. The van der Waals surface area contributed by atoms with E-state index in [-0.39, 0.29) is 10.6 Å². The van der Waals surface area contributed by atoms with Gasteiger partial charge in [0.15, 0.2) is 24.8 Å². The molecule has 244 valence electrons. The summed E-state index contributed by atoms with van der Waals surface area (Å²) in [7, 11) is -6.49. The third kappa shape index (κ3) is 16.8. The minimum atomic E-state index is -4.52. The summed E-state index contributed by atoms with van der Waals surface area (Å²) in [5, 5.41) is -0.0926. The molecule has 2 N–H and O–H groups in total. The molecule has 10 heteroatoms. The third-order valence-electron chi connectivity index (χ3n) is 7.14. The van der Waals surface area contributed by atoms with Crippen LogP contribution in [0.5, 0.6) is 0 Å². The van der Waals surface area contributed by atoms with E-state index < -0.39 is 15.2 Å². The smallest absolute Gasteiger partial charge is 0.356 e. The molecule has 2 heterocycles. The molecule has 0 saturated carbocycles. The summed E-state index contributed by atoms with van der Waals surface area (Å²) < 4.78 is 25.2. The van der Waals surface area contributed by atoms with E-state index in [4.69, 9.17) is 9.79 Å². The summed E-state index contributed by atoms with van der Waals surface area (Å²) >= 11 is 0. The number of unbranched alkanes of at least 4 members (excludes halogenated alkanes) is 9. The third-order valence-corrected chi connectivity index (χ3v) is 9.04. The molecular formula is C35H48N2O6P2. The molecule has 8 nitrogen and oxygen atoms in total. The average molecular weight is 655 g/mol. The lowest BCUT2D eigenvalue weighted by molar-refractivity contribution is -0.697. The normalized spacial score (nSPS) is 11.2. The maximum Gasteiger partial charge on any atom is 0.356 e. The lowest BCUT2D eigenvalue weighted by Crippen LogP contribution is -2.32. The largest absolute Gasteiger partial charge is 0.807 e. The van der Waals surface area contributed by atoms with E-state index in [1.165, 1.54) is 112 Å². The van der Waals surface area contributed by atoms with E-state index in [9.17, 15) is 18.9 Å². The van der Waals surface area contributed by atoms with Gasteiger partial charge in [0.1, 0.15) is 13.6 Å². The van der Waals surface area contributed by atoms with Crippen molar-refractivity contribution >= 4 is 25.8 Å². The standard InChI is InChI=1S/C23H36N2.2C6H7O3P/c1-3-4-5-6-7-8-9-10-11-12-17-25-20-15-23(16-21-25)22-13-18-24(2)19-14-22;2*7-10(8,9)6-4-2-1-3-5-6/h13-16,18-21H,3-12,17H2,1-2H3;2*1-5H,(H2,7,8,9)/q+2;;/p-2. The van der Waals surface area contributed by atoms with Crippen LogP contribution in [-0.2, 0) is 22.7 Å². The Morgan fingerprint density at radius 2 is 0.978 bits per heavy atom. The maximum atomic E-state index is 10.5. The molecule has 0 aliphatic heterocycles. The Bertz CT molecular complexity index is 1370. The topological polar surface area (TPSA) is 128 Å². The van der Waals surface area contributed by atoms with Crippen LogP contribution in [0.2, 0.25) is 0 Å². The second kappa shape index (κ2) is 21.0. The van der Waals surface area contributed by atoms with Crippen molar-refractivity contribution in [1.82, 2.24) is 0 Å². The van der Waals surface area contributed by atoms with Gasteiger partial charge in [0.2, 0.25) is 0 Å². The second-order valence-corrected chi connectivity index (χ2v) is 14.1. The first kappa shape index (κ1) is 38.2. The van der Waals surface area contributed by atoms with E-state index in [0.717, 1.165) is 6.54 Å². The van der Waals surface area contributed by atoms with Crippen LogP contribution in [0.25, 0.3) is 11.1 Å². The molecule has 4 aromatic rings. The molecule has 0 bridgehead atoms. The van der Waals surface area contributed by atoms with Gasteiger partial charge >= 0.3 is 7.60 Å². The zero-order valence-electron chi connectivity index (χ0n) is 26.5. The van der Waals surface area contributed by atoms with Crippen molar-refractivity contribution < 1.29 is 37.8 Å². The van der Waals surface area contributed by atoms with Crippen LogP contribution >= 0.6 is 15.2 Å². The van der Waals surface area contributed by atoms with Crippen LogP contribution < -0.4 is 29.5 Å². The summed E-state index contributed by atoms with van der Waals surface area (Å²) in [5.41, 5.74) is 2.57. The van der Waals surface area contributed by atoms with Crippen molar-refractivity contribution in [2.45, 2.75) is 77.7 Å². The number of aryl methyl sites for hydroxylation is 2. The first-order chi connectivity index (χ1) is 21.5. The molecule has 4 rings (SSSR count). The molecule has 2 aromatic carbocycles. The number of rotatable bonds is 14. The molecule has 0 aliphatic carbocycles. The Morgan fingerprint density at radius 3 is 1.36 bits per heavy atom. The van der Waals surface area contributed by atoms with Gasteiger partial charge in [0, 0.05) is 30.7 Å². The Kier molecular flexibility index (Phi) is 17.8. The summed E-state index contributed by atoms with van der Waals surface area (Å²) in [6, 6.07) is 23.7. The first-order valence-electron chi connectivity index (χ1n) is 15.6. The van der Waals surface area contributed by atoms with Crippen molar-refractivity contribution in [3.05, 3.63) is 110 Å². The van der Waals surface area contributed by atoms with Gasteiger partial charge in [-0.2, -0.15) is 0 Å². The minimum absolute atomic E-state index is 0.0648. The van der Waals surface area contributed by atoms with E-state index in [0.29, 0.717) is 0 Å². The number of hydrogen-bond donors (Lipinski definition) is 2. The van der Waals surface area contributed by atoms with Crippen LogP contribution in [0.15, 0.2) is 110 Å². The van der Waals surface area contributed by atoms with Crippen molar-refractivity contribution in [3.8, 4) is 11.1 Å². The summed E-state index contributed by atoms with van der Waals surface area (Å²) in [6.45, 7) is 3.42. The predicted molar refractivity (Wildman–Crippen MR) is 177 cm³/mol.